The Morgan fingerprint density at radius 3 is 2.26 bits per heavy atom. The van der Waals surface area contributed by atoms with Gasteiger partial charge < -0.3 is 20.1 Å². The molecule has 0 fully saturated rings. The molecule has 0 saturated carbocycles. The lowest BCUT2D eigenvalue weighted by molar-refractivity contribution is 0.383. The fraction of sp³-hybridized carbons (Fsp3) is 0.217. The van der Waals surface area contributed by atoms with Crippen molar-refractivity contribution in [2.24, 2.45) is 0 Å². The van der Waals surface area contributed by atoms with Gasteiger partial charge in [0.1, 0.15) is 11.5 Å². The Labute approximate surface area is 159 Å². The van der Waals surface area contributed by atoms with Crippen molar-refractivity contribution in [3.05, 3.63) is 83.4 Å². The molecule has 5 rings (SSSR count). The van der Waals surface area contributed by atoms with E-state index in [9.17, 15) is 0 Å². The molecule has 0 bridgehead atoms. The van der Waals surface area contributed by atoms with Gasteiger partial charge in [0.2, 0.25) is 0 Å². The average molecular weight is 358 g/mol. The molecule has 2 aliphatic rings. The monoisotopic (exact) mass is 358 g/mol. The van der Waals surface area contributed by atoms with E-state index < -0.39 is 0 Å². The fourth-order valence-electron chi connectivity index (χ4n) is 4.52. The molecule has 136 valence electrons. The number of methoxy groups -OCH3 is 2. The van der Waals surface area contributed by atoms with Crippen LogP contribution in [0.25, 0.3) is 0 Å². The maximum Gasteiger partial charge on any atom is 0.129 e. The standard InChI is InChI=1S/C23H22N2O2/c1-26-15-12-18-21(19(13-15)27-2)23-20(16-10-6-7-11-17(16)24-23)22(25-18)14-8-4-3-5-9-14/h3-13,20,22-25H,1-2H3/t20-,22+,23-/m1/s1. The molecule has 0 saturated heterocycles. The average Bonchev–Trinajstić information content (AvgIpc) is 3.12. The van der Waals surface area contributed by atoms with Crippen LogP contribution in [0.2, 0.25) is 0 Å². The lowest BCUT2D eigenvalue weighted by Gasteiger charge is -2.38. The molecule has 4 heteroatoms. The SMILES string of the molecule is COc1cc2c(c(OC)c1)[C@@H]1Nc3ccccc3[C@@H]1[C@H](c1ccccc1)N2. The molecule has 2 N–H and O–H groups in total. The van der Waals surface area contributed by atoms with Gasteiger partial charge in [-0.25, -0.2) is 0 Å². The van der Waals surface area contributed by atoms with Crippen LogP contribution >= 0.6 is 0 Å². The van der Waals surface area contributed by atoms with E-state index in [0.29, 0.717) is 0 Å². The number of hydrogen-bond acceptors (Lipinski definition) is 4. The van der Waals surface area contributed by atoms with Crippen LogP contribution in [0.1, 0.15) is 34.7 Å². The Balaban J connectivity index is 1.72. The zero-order valence-electron chi connectivity index (χ0n) is 15.4. The predicted molar refractivity (Wildman–Crippen MR) is 108 cm³/mol. The highest BCUT2D eigenvalue weighted by atomic mass is 16.5. The zero-order chi connectivity index (χ0) is 18.4. The van der Waals surface area contributed by atoms with E-state index >= 15 is 0 Å². The van der Waals surface area contributed by atoms with E-state index in [0.717, 1.165) is 22.7 Å². The number of ether oxygens (including phenoxy) is 2. The van der Waals surface area contributed by atoms with Gasteiger partial charge in [0, 0.05) is 35.0 Å². The van der Waals surface area contributed by atoms with Crippen molar-refractivity contribution in [1.82, 2.24) is 0 Å². The van der Waals surface area contributed by atoms with Gasteiger partial charge in [0.05, 0.1) is 26.3 Å². The van der Waals surface area contributed by atoms with Gasteiger partial charge in [0.15, 0.2) is 0 Å². The Hall–Kier alpha value is -3.14. The molecular formula is C23H22N2O2. The quantitative estimate of drug-likeness (QED) is 0.682. The van der Waals surface area contributed by atoms with Crippen molar-refractivity contribution in [2.45, 2.75) is 18.0 Å². The Kier molecular flexibility index (Phi) is 3.71. The summed E-state index contributed by atoms with van der Waals surface area (Å²) in [5, 5.41) is 7.52. The molecule has 0 amide bonds. The molecule has 0 unspecified atom stereocenters. The molecule has 0 aliphatic carbocycles. The Morgan fingerprint density at radius 1 is 0.741 bits per heavy atom. The Bertz CT molecular complexity index is 987. The summed E-state index contributed by atoms with van der Waals surface area (Å²) in [5.41, 5.74) is 6.03. The van der Waals surface area contributed by atoms with E-state index in [2.05, 4.69) is 71.3 Å². The largest absolute Gasteiger partial charge is 0.497 e. The van der Waals surface area contributed by atoms with E-state index in [4.69, 9.17) is 9.47 Å². The predicted octanol–water partition coefficient (Wildman–Crippen LogP) is 5.12. The van der Waals surface area contributed by atoms with Gasteiger partial charge in [-0.1, -0.05) is 48.5 Å². The molecule has 0 spiro atoms. The van der Waals surface area contributed by atoms with Gasteiger partial charge in [-0.05, 0) is 17.2 Å². The molecule has 4 nitrogen and oxygen atoms in total. The fourth-order valence-corrected chi connectivity index (χ4v) is 4.52. The molecule has 0 radical (unpaired) electrons. The Morgan fingerprint density at radius 2 is 1.48 bits per heavy atom. The highest BCUT2D eigenvalue weighted by Crippen LogP contribution is 2.58. The normalized spacial score (nSPS) is 21.9. The third kappa shape index (κ3) is 2.44. The molecule has 3 aromatic carbocycles. The number of rotatable bonds is 3. The van der Waals surface area contributed by atoms with Crippen molar-refractivity contribution < 1.29 is 9.47 Å². The van der Waals surface area contributed by atoms with Crippen LogP contribution in [-0.2, 0) is 0 Å². The maximum absolute atomic E-state index is 5.74. The van der Waals surface area contributed by atoms with Crippen LogP contribution in [0.5, 0.6) is 11.5 Å². The van der Waals surface area contributed by atoms with Crippen LogP contribution in [0.4, 0.5) is 11.4 Å². The van der Waals surface area contributed by atoms with E-state index in [1.54, 1.807) is 14.2 Å². The summed E-state index contributed by atoms with van der Waals surface area (Å²) >= 11 is 0. The van der Waals surface area contributed by atoms with Gasteiger partial charge >= 0.3 is 0 Å². The van der Waals surface area contributed by atoms with Gasteiger partial charge in [0.25, 0.3) is 0 Å². The van der Waals surface area contributed by atoms with Crippen LogP contribution in [0.3, 0.4) is 0 Å². The van der Waals surface area contributed by atoms with Crippen LogP contribution in [0.15, 0.2) is 66.7 Å². The highest BCUT2D eigenvalue weighted by molar-refractivity contribution is 5.73. The second kappa shape index (κ2) is 6.23. The van der Waals surface area contributed by atoms with Crippen molar-refractivity contribution in [3.8, 4) is 11.5 Å². The van der Waals surface area contributed by atoms with E-state index in [1.165, 1.54) is 16.8 Å². The minimum Gasteiger partial charge on any atom is -0.497 e. The van der Waals surface area contributed by atoms with Gasteiger partial charge in [-0.3, -0.25) is 0 Å². The summed E-state index contributed by atoms with van der Waals surface area (Å²) in [4.78, 5) is 0. The maximum atomic E-state index is 5.74. The lowest BCUT2D eigenvalue weighted by atomic mass is 9.77. The van der Waals surface area contributed by atoms with Crippen LogP contribution in [0, 0.1) is 0 Å². The first kappa shape index (κ1) is 16.1. The van der Waals surface area contributed by atoms with E-state index in [-0.39, 0.29) is 18.0 Å². The van der Waals surface area contributed by atoms with Crippen molar-refractivity contribution in [1.29, 1.82) is 0 Å². The van der Waals surface area contributed by atoms with Gasteiger partial charge in [-0.15, -0.1) is 0 Å². The summed E-state index contributed by atoms with van der Waals surface area (Å²) in [6.45, 7) is 0. The third-order valence-electron chi connectivity index (χ3n) is 5.70. The number of anilines is 2. The van der Waals surface area contributed by atoms with E-state index in [1.807, 2.05) is 6.07 Å². The zero-order valence-corrected chi connectivity index (χ0v) is 15.4. The molecule has 3 atom stereocenters. The molecule has 27 heavy (non-hydrogen) atoms. The number of hydrogen-bond donors (Lipinski definition) is 2. The number of para-hydroxylation sites is 1. The summed E-state index contributed by atoms with van der Waals surface area (Å²) < 4.78 is 11.2. The summed E-state index contributed by atoms with van der Waals surface area (Å²) in [6, 6.07) is 23.6. The molecular weight excluding hydrogens is 336 g/mol. The van der Waals surface area contributed by atoms with Crippen LogP contribution in [-0.4, -0.2) is 14.2 Å². The molecule has 0 aromatic heterocycles. The molecule has 2 aliphatic heterocycles. The minimum atomic E-state index is 0.143. The van der Waals surface area contributed by atoms with Crippen molar-refractivity contribution in [2.75, 3.05) is 24.9 Å². The minimum absolute atomic E-state index is 0.143. The summed E-state index contributed by atoms with van der Waals surface area (Å²) in [6.07, 6.45) is 0. The van der Waals surface area contributed by atoms with Crippen LogP contribution < -0.4 is 20.1 Å². The number of nitrogens with one attached hydrogen (secondary N) is 2. The molecule has 2 heterocycles. The first-order chi connectivity index (χ1) is 13.3. The topological polar surface area (TPSA) is 42.5 Å². The summed E-state index contributed by atoms with van der Waals surface area (Å²) in [7, 11) is 3.40. The molecule has 3 aromatic rings. The number of fused-ring (bicyclic) bond motifs is 5. The number of benzene rings is 3. The van der Waals surface area contributed by atoms with Crippen molar-refractivity contribution >= 4 is 11.4 Å². The summed E-state index contributed by atoms with van der Waals surface area (Å²) in [5.74, 6) is 1.91. The first-order valence-electron chi connectivity index (χ1n) is 9.23. The van der Waals surface area contributed by atoms with Gasteiger partial charge in [-0.2, -0.15) is 0 Å². The second-order valence-electron chi connectivity index (χ2n) is 7.06. The first-order valence-corrected chi connectivity index (χ1v) is 9.23. The smallest absolute Gasteiger partial charge is 0.129 e. The van der Waals surface area contributed by atoms with Crippen molar-refractivity contribution in [3.63, 3.8) is 0 Å². The lowest BCUT2D eigenvalue weighted by Crippen LogP contribution is -2.30. The highest BCUT2D eigenvalue weighted by Gasteiger charge is 2.45. The third-order valence-corrected chi connectivity index (χ3v) is 5.70. The second-order valence-corrected chi connectivity index (χ2v) is 7.06.